The highest BCUT2D eigenvalue weighted by atomic mass is 16.5. The highest BCUT2D eigenvalue weighted by Crippen LogP contribution is 2.44. The summed E-state index contributed by atoms with van der Waals surface area (Å²) in [7, 11) is 1.79. The van der Waals surface area contributed by atoms with Gasteiger partial charge in [-0.1, -0.05) is 20.8 Å². The molecule has 1 aliphatic rings. The van der Waals surface area contributed by atoms with E-state index in [9.17, 15) is 0 Å². The zero-order chi connectivity index (χ0) is 15.6. The first kappa shape index (κ1) is 16.0. The summed E-state index contributed by atoms with van der Waals surface area (Å²) in [5, 5.41) is 6.93. The monoisotopic (exact) mass is 292 g/mol. The van der Waals surface area contributed by atoms with E-state index in [1.165, 1.54) is 0 Å². The Bertz CT molecular complexity index is 501. The third kappa shape index (κ3) is 2.98. The van der Waals surface area contributed by atoms with E-state index in [1.54, 1.807) is 7.11 Å². The van der Waals surface area contributed by atoms with Crippen molar-refractivity contribution in [2.75, 3.05) is 24.3 Å². The lowest BCUT2D eigenvalue weighted by atomic mass is 9.64. The molecule has 1 aliphatic carbocycles. The maximum Gasteiger partial charge on any atom is 0.135 e. The van der Waals surface area contributed by atoms with Crippen LogP contribution in [0.1, 0.15) is 45.5 Å². The van der Waals surface area contributed by atoms with Gasteiger partial charge in [0.1, 0.15) is 17.5 Å². The molecule has 2 N–H and O–H groups in total. The highest BCUT2D eigenvalue weighted by molar-refractivity contribution is 5.58. The fourth-order valence-corrected chi connectivity index (χ4v) is 2.90. The summed E-state index contributed by atoms with van der Waals surface area (Å²) < 4.78 is 5.52. The minimum atomic E-state index is 0.122. The van der Waals surface area contributed by atoms with Crippen LogP contribution in [0, 0.1) is 12.3 Å². The van der Waals surface area contributed by atoms with Crippen molar-refractivity contribution in [2.24, 2.45) is 5.41 Å². The number of anilines is 2. The molecule has 118 valence electrons. The average molecular weight is 292 g/mol. The Morgan fingerprint density at radius 2 is 1.90 bits per heavy atom. The third-order valence-corrected chi connectivity index (χ3v) is 4.63. The van der Waals surface area contributed by atoms with Gasteiger partial charge in [0.2, 0.25) is 0 Å². The maximum absolute atomic E-state index is 5.52. The Labute approximate surface area is 127 Å². The van der Waals surface area contributed by atoms with E-state index in [2.05, 4.69) is 55.2 Å². The van der Waals surface area contributed by atoms with E-state index >= 15 is 0 Å². The summed E-state index contributed by atoms with van der Waals surface area (Å²) in [6.07, 6.45) is 2.17. The Balaban J connectivity index is 2.22. The van der Waals surface area contributed by atoms with Gasteiger partial charge in [-0.2, -0.15) is 0 Å². The van der Waals surface area contributed by atoms with Gasteiger partial charge in [0.05, 0.1) is 6.10 Å². The van der Waals surface area contributed by atoms with E-state index in [-0.39, 0.29) is 5.41 Å². The van der Waals surface area contributed by atoms with Gasteiger partial charge in [-0.25, -0.2) is 9.97 Å². The molecule has 0 spiro atoms. The maximum atomic E-state index is 5.52. The van der Waals surface area contributed by atoms with E-state index in [4.69, 9.17) is 4.74 Å². The number of aryl methyl sites for hydroxylation is 1. The predicted molar refractivity (Wildman–Crippen MR) is 86.9 cm³/mol. The lowest BCUT2D eigenvalue weighted by Crippen LogP contribution is -2.57. The van der Waals surface area contributed by atoms with Crippen LogP contribution in [0.3, 0.4) is 0 Å². The number of methoxy groups -OCH3 is 1. The number of hydrogen-bond acceptors (Lipinski definition) is 5. The van der Waals surface area contributed by atoms with Gasteiger partial charge in [-0.05, 0) is 20.3 Å². The molecule has 1 heterocycles. The Morgan fingerprint density at radius 3 is 2.43 bits per heavy atom. The van der Waals surface area contributed by atoms with Gasteiger partial charge in [0, 0.05) is 37.1 Å². The summed E-state index contributed by atoms with van der Waals surface area (Å²) in [6, 6.07) is 0.384. The standard InChI is InChI=1S/C16H28N4O/c1-7-13-19-14(17-8-2)10(3)15(20-13)18-11-9-12(21-6)16(11,4)5/h11-12H,7-9H2,1-6H3,(H2,17,18,19,20). The molecule has 2 unspecified atom stereocenters. The first-order valence-corrected chi connectivity index (χ1v) is 7.84. The first-order valence-electron chi connectivity index (χ1n) is 7.84. The van der Waals surface area contributed by atoms with E-state index in [0.717, 1.165) is 42.4 Å². The number of rotatable bonds is 6. The van der Waals surface area contributed by atoms with Gasteiger partial charge in [0.25, 0.3) is 0 Å². The smallest absolute Gasteiger partial charge is 0.135 e. The molecule has 0 bridgehead atoms. The molecular formula is C16H28N4O. The van der Waals surface area contributed by atoms with Crippen molar-refractivity contribution in [3.63, 3.8) is 0 Å². The number of ether oxygens (including phenoxy) is 1. The zero-order valence-corrected chi connectivity index (χ0v) is 14.1. The quantitative estimate of drug-likeness (QED) is 0.844. The molecule has 1 fully saturated rings. The van der Waals surface area contributed by atoms with Crippen molar-refractivity contribution in [3.05, 3.63) is 11.4 Å². The summed E-state index contributed by atoms with van der Waals surface area (Å²) in [5.74, 6) is 2.76. The molecular weight excluding hydrogens is 264 g/mol. The molecule has 0 aromatic carbocycles. The fourth-order valence-electron chi connectivity index (χ4n) is 2.90. The van der Waals surface area contributed by atoms with Crippen molar-refractivity contribution in [3.8, 4) is 0 Å². The van der Waals surface area contributed by atoms with Crippen LogP contribution in [0.25, 0.3) is 0 Å². The van der Waals surface area contributed by atoms with Crippen LogP contribution in [0.15, 0.2) is 0 Å². The lowest BCUT2D eigenvalue weighted by Gasteiger charge is -2.51. The topological polar surface area (TPSA) is 59.1 Å². The number of aromatic nitrogens is 2. The Kier molecular flexibility index (Phi) is 4.71. The summed E-state index contributed by atoms with van der Waals surface area (Å²) in [4.78, 5) is 9.24. The molecule has 2 atom stereocenters. The normalized spacial score (nSPS) is 23.5. The van der Waals surface area contributed by atoms with Crippen LogP contribution in [0.2, 0.25) is 0 Å². The van der Waals surface area contributed by atoms with Crippen LogP contribution in [-0.2, 0) is 11.2 Å². The molecule has 1 saturated carbocycles. The molecule has 2 rings (SSSR count). The fraction of sp³-hybridized carbons (Fsp3) is 0.750. The van der Waals surface area contributed by atoms with Gasteiger partial charge in [0.15, 0.2) is 0 Å². The molecule has 5 heteroatoms. The first-order chi connectivity index (χ1) is 9.93. The predicted octanol–water partition coefficient (Wildman–Crippen LogP) is 3.00. The Hall–Kier alpha value is -1.36. The van der Waals surface area contributed by atoms with Crippen molar-refractivity contribution in [1.29, 1.82) is 0 Å². The minimum Gasteiger partial charge on any atom is -0.381 e. The number of hydrogen-bond donors (Lipinski definition) is 2. The zero-order valence-electron chi connectivity index (χ0n) is 14.1. The van der Waals surface area contributed by atoms with Crippen molar-refractivity contribution in [2.45, 2.75) is 59.6 Å². The molecule has 0 aliphatic heterocycles. The molecule has 21 heavy (non-hydrogen) atoms. The highest BCUT2D eigenvalue weighted by Gasteiger charge is 2.48. The molecule has 0 saturated heterocycles. The number of nitrogens with zero attached hydrogens (tertiary/aromatic N) is 2. The van der Waals surface area contributed by atoms with Gasteiger partial charge >= 0.3 is 0 Å². The lowest BCUT2D eigenvalue weighted by molar-refractivity contribution is -0.0795. The molecule has 1 aromatic rings. The summed E-state index contributed by atoms with van der Waals surface area (Å²) >= 11 is 0. The summed E-state index contributed by atoms with van der Waals surface area (Å²) in [5.41, 5.74) is 1.21. The largest absolute Gasteiger partial charge is 0.381 e. The van der Waals surface area contributed by atoms with Crippen molar-refractivity contribution in [1.82, 2.24) is 9.97 Å². The van der Waals surface area contributed by atoms with Crippen LogP contribution < -0.4 is 10.6 Å². The van der Waals surface area contributed by atoms with E-state index in [0.29, 0.717) is 12.1 Å². The minimum absolute atomic E-state index is 0.122. The van der Waals surface area contributed by atoms with Crippen molar-refractivity contribution >= 4 is 11.6 Å². The second-order valence-electron chi connectivity index (χ2n) is 6.32. The number of nitrogens with one attached hydrogen (secondary N) is 2. The molecule has 0 amide bonds. The summed E-state index contributed by atoms with van der Waals surface area (Å²) in [6.45, 7) is 11.6. The molecule has 5 nitrogen and oxygen atoms in total. The van der Waals surface area contributed by atoms with Crippen LogP contribution >= 0.6 is 0 Å². The third-order valence-electron chi connectivity index (χ3n) is 4.63. The van der Waals surface area contributed by atoms with Gasteiger partial charge < -0.3 is 15.4 Å². The van der Waals surface area contributed by atoms with Gasteiger partial charge in [-0.3, -0.25) is 0 Å². The van der Waals surface area contributed by atoms with Crippen LogP contribution in [-0.4, -0.2) is 35.8 Å². The Morgan fingerprint density at radius 1 is 1.24 bits per heavy atom. The molecule has 0 radical (unpaired) electrons. The second-order valence-corrected chi connectivity index (χ2v) is 6.32. The van der Waals surface area contributed by atoms with E-state index < -0.39 is 0 Å². The second kappa shape index (κ2) is 6.18. The van der Waals surface area contributed by atoms with Gasteiger partial charge in [-0.15, -0.1) is 0 Å². The SMILES string of the molecule is CCNc1nc(CC)nc(NC2CC(OC)C2(C)C)c1C. The molecule has 1 aromatic heterocycles. The average Bonchev–Trinajstić information content (AvgIpc) is 2.46. The van der Waals surface area contributed by atoms with Crippen LogP contribution in [0.4, 0.5) is 11.6 Å². The van der Waals surface area contributed by atoms with E-state index in [1.807, 2.05) is 0 Å². The van der Waals surface area contributed by atoms with Crippen LogP contribution in [0.5, 0.6) is 0 Å². The van der Waals surface area contributed by atoms with Crippen molar-refractivity contribution < 1.29 is 4.74 Å².